The van der Waals surface area contributed by atoms with Gasteiger partial charge in [0.1, 0.15) is 6.16 Å². The second-order valence-electron chi connectivity index (χ2n) is 5.06. The summed E-state index contributed by atoms with van der Waals surface area (Å²) < 4.78 is 15.8. The molecule has 2 N–H and O–H groups in total. The lowest BCUT2D eigenvalue weighted by Crippen LogP contribution is -2.43. The van der Waals surface area contributed by atoms with E-state index < -0.39 is 28.0 Å². The van der Waals surface area contributed by atoms with E-state index in [0.29, 0.717) is 0 Å². The lowest BCUT2D eigenvalue weighted by molar-refractivity contribution is -0.132. The minimum absolute atomic E-state index is 0.155. The van der Waals surface area contributed by atoms with Crippen molar-refractivity contribution >= 4 is 21.9 Å². The molecule has 0 amide bonds. The smallest absolute Gasteiger partial charge is 0.336 e. The summed E-state index contributed by atoms with van der Waals surface area (Å²) in [6.07, 6.45) is -0.834. The SMILES string of the molecule is CC(C)(C)[Si](C)(C)OC(=O)CP(=O)(O)O. The van der Waals surface area contributed by atoms with Gasteiger partial charge in [0.05, 0.1) is 0 Å². The normalized spacial score (nSPS) is 13.8. The molecule has 0 fully saturated rings. The molecule has 0 aromatic rings. The first-order valence-electron chi connectivity index (χ1n) is 4.61. The summed E-state index contributed by atoms with van der Waals surface area (Å²) in [5.41, 5.74) is 0. The van der Waals surface area contributed by atoms with E-state index in [1.807, 2.05) is 33.9 Å². The van der Waals surface area contributed by atoms with Crippen molar-refractivity contribution in [3.8, 4) is 0 Å². The molecule has 0 spiro atoms. The summed E-state index contributed by atoms with van der Waals surface area (Å²) in [6.45, 7) is 9.55. The molecule has 0 bridgehead atoms. The third-order valence-corrected chi connectivity index (χ3v) is 7.53. The van der Waals surface area contributed by atoms with Crippen LogP contribution in [0.5, 0.6) is 0 Å². The van der Waals surface area contributed by atoms with Gasteiger partial charge in [0.15, 0.2) is 0 Å². The van der Waals surface area contributed by atoms with Crippen LogP contribution in [0, 0.1) is 0 Å². The van der Waals surface area contributed by atoms with Crippen LogP contribution >= 0.6 is 7.60 Å². The number of carbonyl (C=O) groups excluding carboxylic acids is 1. The fourth-order valence-corrected chi connectivity index (χ4v) is 2.11. The van der Waals surface area contributed by atoms with Crippen LogP contribution in [0.1, 0.15) is 20.8 Å². The Bertz CT molecular complexity index is 288. The van der Waals surface area contributed by atoms with Crippen LogP contribution in [0.15, 0.2) is 0 Å². The fourth-order valence-electron chi connectivity index (χ4n) is 0.638. The largest absolute Gasteiger partial charge is 0.519 e. The zero-order valence-corrected chi connectivity index (χ0v) is 11.7. The van der Waals surface area contributed by atoms with Gasteiger partial charge in [-0.05, 0) is 18.1 Å². The van der Waals surface area contributed by atoms with E-state index in [2.05, 4.69) is 0 Å². The van der Waals surface area contributed by atoms with Crippen molar-refractivity contribution in [2.45, 2.75) is 38.9 Å². The van der Waals surface area contributed by atoms with Gasteiger partial charge in [-0.1, -0.05) is 20.8 Å². The third-order valence-electron chi connectivity index (χ3n) is 2.51. The monoisotopic (exact) mass is 254 g/mol. The average molecular weight is 254 g/mol. The van der Waals surface area contributed by atoms with Crippen LogP contribution in [0.3, 0.4) is 0 Å². The Balaban J connectivity index is 4.50. The topological polar surface area (TPSA) is 83.8 Å². The molecule has 5 nitrogen and oxygen atoms in total. The molecule has 7 heteroatoms. The highest BCUT2D eigenvalue weighted by atomic mass is 31.2. The minimum Gasteiger partial charge on any atom is -0.519 e. The molecule has 0 radical (unpaired) electrons. The van der Waals surface area contributed by atoms with Crippen molar-refractivity contribution in [2.75, 3.05) is 6.16 Å². The molecule has 0 aromatic carbocycles. The number of hydrogen-bond donors (Lipinski definition) is 2. The van der Waals surface area contributed by atoms with Crippen LogP contribution in [0.4, 0.5) is 0 Å². The van der Waals surface area contributed by atoms with Crippen LogP contribution in [-0.4, -0.2) is 30.2 Å². The molecule has 90 valence electrons. The first-order valence-corrected chi connectivity index (χ1v) is 9.32. The molecular formula is C8H19O5PSi. The second-order valence-corrected chi connectivity index (χ2v) is 11.4. The maximum Gasteiger partial charge on any atom is 0.336 e. The second kappa shape index (κ2) is 4.37. The predicted molar refractivity (Wildman–Crippen MR) is 60.2 cm³/mol. The van der Waals surface area contributed by atoms with Gasteiger partial charge in [-0.15, -0.1) is 0 Å². The molecule has 0 saturated carbocycles. The summed E-state index contributed by atoms with van der Waals surface area (Å²) in [6, 6.07) is 0. The van der Waals surface area contributed by atoms with E-state index in [-0.39, 0.29) is 5.04 Å². The van der Waals surface area contributed by atoms with Gasteiger partial charge < -0.3 is 14.2 Å². The van der Waals surface area contributed by atoms with Gasteiger partial charge in [-0.25, -0.2) is 0 Å². The summed E-state index contributed by atoms with van der Waals surface area (Å²) in [7, 11) is -6.57. The summed E-state index contributed by atoms with van der Waals surface area (Å²) in [4.78, 5) is 28.5. The number of carbonyl (C=O) groups is 1. The summed E-state index contributed by atoms with van der Waals surface area (Å²) >= 11 is 0. The average Bonchev–Trinajstić information content (AvgIpc) is 1.75. The molecule has 0 rings (SSSR count). The Hall–Kier alpha value is -0.163. The van der Waals surface area contributed by atoms with Crippen molar-refractivity contribution in [3.63, 3.8) is 0 Å². The molecule has 0 unspecified atom stereocenters. The molecule has 15 heavy (non-hydrogen) atoms. The zero-order chi connectivity index (χ0) is 12.5. The van der Waals surface area contributed by atoms with Crippen molar-refractivity contribution in [2.24, 2.45) is 0 Å². The predicted octanol–water partition coefficient (Wildman–Crippen LogP) is 1.71. The van der Waals surface area contributed by atoms with Crippen LogP contribution in [0.2, 0.25) is 18.1 Å². The zero-order valence-electron chi connectivity index (χ0n) is 9.77. The number of rotatable bonds is 3. The van der Waals surface area contributed by atoms with Gasteiger partial charge >= 0.3 is 13.6 Å². The Morgan fingerprint density at radius 2 is 1.73 bits per heavy atom. The quantitative estimate of drug-likeness (QED) is 0.591. The number of hydrogen-bond acceptors (Lipinski definition) is 3. The standard InChI is InChI=1S/C8H19O5PSi/c1-8(2,3)15(4,5)13-7(9)6-14(10,11)12/h6H2,1-5H3,(H2,10,11,12). The van der Waals surface area contributed by atoms with E-state index in [4.69, 9.17) is 14.2 Å². The Kier molecular flexibility index (Phi) is 4.32. The van der Waals surface area contributed by atoms with Crippen LogP contribution in [0.25, 0.3) is 0 Å². The van der Waals surface area contributed by atoms with Crippen LogP contribution < -0.4 is 0 Å². The van der Waals surface area contributed by atoms with Gasteiger partial charge in [-0.3, -0.25) is 9.36 Å². The highest BCUT2D eigenvalue weighted by molar-refractivity contribution is 7.52. The molecular weight excluding hydrogens is 235 g/mol. The molecule has 0 aliphatic rings. The van der Waals surface area contributed by atoms with Gasteiger partial charge in [-0.2, -0.15) is 0 Å². The van der Waals surface area contributed by atoms with E-state index in [1.165, 1.54) is 0 Å². The van der Waals surface area contributed by atoms with E-state index in [1.54, 1.807) is 0 Å². The maximum atomic E-state index is 11.2. The van der Waals surface area contributed by atoms with Gasteiger partial charge in [0.2, 0.25) is 0 Å². The van der Waals surface area contributed by atoms with Crippen molar-refractivity contribution < 1.29 is 23.6 Å². The summed E-state index contributed by atoms with van der Waals surface area (Å²) in [5, 5.41) is -0.155. The molecule has 0 aromatic heterocycles. The van der Waals surface area contributed by atoms with E-state index >= 15 is 0 Å². The molecule has 0 heterocycles. The molecule has 0 aliphatic heterocycles. The summed E-state index contributed by atoms with van der Waals surface area (Å²) in [5.74, 6) is -0.810. The molecule has 0 saturated heterocycles. The highest BCUT2D eigenvalue weighted by Crippen LogP contribution is 2.39. The fraction of sp³-hybridized carbons (Fsp3) is 0.875. The molecule has 0 aliphatic carbocycles. The van der Waals surface area contributed by atoms with E-state index in [0.717, 1.165) is 0 Å². The lowest BCUT2D eigenvalue weighted by atomic mass is 10.2. The van der Waals surface area contributed by atoms with Crippen molar-refractivity contribution in [1.82, 2.24) is 0 Å². The Morgan fingerprint density at radius 1 is 1.33 bits per heavy atom. The van der Waals surface area contributed by atoms with Crippen LogP contribution in [-0.2, 0) is 13.8 Å². The van der Waals surface area contributed by atoms with Crippen molar-refractivity contribution in [3.05, 3.63) is 0 Å². The lowest BCUT2D eigenvalue weighted by Gasteiger charge is -2.35. The minimum atomic E-state index is -4.31. The van der Waals surface area contributed by atoms with Crippen molar-refractivity contribution in [1.29, 1.82) is 0 Å². The molecule has 0 atom stereocenters. The maximum absolute atomic E-state index is 11.2. The van der Waals surface area contributed by atoms with E-state index in [9.17, 15) is 9.36 Å². The third kappa shape index (κ3) is 5.46. The Morgan fingerprint density at radius 3 is 2.00 bits per heavy atom. The first kappa shape index (κ1) is 14.8. The Labute approximate surface area is 91.1 Å². The first-order chi connectivity index (χ1) is 6.35. The van der Waals surface area contributed by atoms with Gasteiger partial charge in [0.25, 0.3) is 8.32 Å². The van der Waals surface area contributed by atoms with Gasteiger partial charge in [0, 0.05) is 0 Å². The highest BCUT2D eigenvalue weighted by Gasteiger charge is 2.41.